The molecule has 0 aromatic carbocycles. The second kappa shape index (κ2) is 4.84. The summed E-state index contributed by atoms with van der Waals surface area (Å²) in [6.45, 7) is 1.46. The Kier molecular flexibility index (Phi) is 3.24. The molecule has 17 heavy (non-hydrogen) atoms. The van der Waals surface area contributed by atoms with E-state index in [0.717, 1.165) is 10.4 Å². The number of carbonyl (C=O) groups excluding carboxylic acids is 1. The number of allylic oxidation sites excluding steroid dienone is 1. The van der Waals surface area contributed by atoms with Gasteiger partial charge in [-0.05, 0) is 6.92 Å². The summed E-state index contributed by atoms with van der Waals surface area (Å²) in [4.78, 5) is 24.3. The number of rotatable bonds is 3. The van der Waals surface area contributed by atoms with Gasteiger partial charge in [0.2, 0.25) is 0 Å². The molecule has 0 bridgehead atoms. The highest BCUT2D eigenvalue weighted by molar-refractivity contribution is 7.16. The fourth-order valence-electron chi connectivity index (χ4n) is 1.30. The molecule has 6 heteroatoms. The molecule has 2 rings (SSSR count). The second-order valence-electron chi connectivity index (χ2n) is 3.29. The van der Waals surface area contributed by atoms with Gasteiger partial charge in [-0.1, -0.05) is 0 Å². The SMILES string of the molecule is CC(=O)C(=CN)c1ncc(-c2cncnc2)s1. The number of aromatic nitrogens is 3. The normalized spacial score (nSPS) is 11.5. The van der Waals surface area contributed by atoms with Crippen molar-refractivity contribution in [1.82, 2.24) is 15.0 Å². The summed E-state index contributed by atoms with van der Waals surface area (Å²) < 4.78 is 0. The Morgan fingerprint density at radius 2 is 2.06 bits per heavy atom. The van der Waals surface area contributed by atoms with E-state index in [0.29, 0.717) is 10.6 Å². The molecule has 0 radical (unpaired) electrons. The Morgan fingerprint density at radius 1 is 1.35 bits per heavy atom. The molecule has 0 unspecified atom stereocenters. The summed E-state index contributed by atoms with van der Waals surface area (Å²) in [5, 5.41) is 0.610. The number of nitrogens with two attached hydrogens (primary N) is 1. The Balaban J connectivity index is 2.37. The van der Waals surface area contributed by atoms with Crippen LogP contribution in [0.25, 0.3) is 16.0 Å². The summed E-state index contributed by atoms with van der Waals surface area (Å²) in [7, 11) is 0. The zero-order valence-corrected chi connectivity index (χ0v) is 9.94. The first kappa shape index (κ1) is 11.4. The van der Waals surface area contributed by atoms with Gasteiger partial charge in [0.05, 0.1) is 10.5 Å². The van der Waals surface area contributed by atoms with E-state index in [1.165, 1.54) is 30.8 Å². The molecule has 86 valence electrons. The summed E-state index contributed by atoms with van der Waals surface area (Å²) in [5.41, 5.74) is 6.71. The largest absolute Gasteiger partial charge is 0.404 e. The standard InChI is InChI=1S/C11H10N4OS/c1-7(16)9(2-12)11-15-5-10(17-11)8-3-13-6-14-4-8/h2-6H,12H2,1H3. The molecule has 0 amide bonds. The Hall–Kier alpha value is -2.08. The van der Waals surface area contributed by atoms with Crippen LogP contribution in [-0.4, -0.2) is 20.7 Å². The van der Waals surface area contributed by atoms with E-state index in [1.54, 1.807) is 18.6 Å². The van der Waals surface area contributed by atoms with Gasteiger partial charge in [0.1, 0.15) is 11.3 Å². The van der Waals surface area contributed by atoms with Gasteiger partial charge in [-0.25, -0.2) is 15.0 Å². The number of nitrogens with zero attached hydrogens (tertiary/aromatic N) is 3. The lowest BCUT2D eigenvalue weighted by Crippen LogP contribution is -1.98. The van der Waals surface area contributed by atoms with E-state index in [9.17, 15) is 4.79 Å². The maximum absolute atomic E-state index is 11.3. The molecule has 5 nitrogen and oxygen atoms in total. The van der Waals surface area contributed by atoms with Crippen molar-refractivity contribution < 1.29 is 4.79 Å². The van der Waals surface area contributed by atoms with Crippen molar-refractivity contribution >= 4 is 22.7 Å². The van der Waals surface area contributed by atoms with Gasteiger partial charge in [0, 0.05) is 30.4 Å². The lowest BCUT2D eigenvalue weighted by atomic mass is 10.2. The van der Waals surface area contributed by atoms with Crippen LogP contribution in [0.15, 0.2) is 31.1 Å². The van der Waals surface area contributed by atoms with Crippen molar-refractivity contribution in [2.75, 3.05) is 0 Å². The summed E-state index contributed by atoms with van der Waals surface area (Å²) in [6, 6.07) is 0. The van der Waals surface area contributed by atoms with Crippen LogP contribution in [0.1, 0.15) is 11.9 Å². The Bertz CT molecular complexity index is 562. The molecule has 0 saturated carbocycles. The molecule has 0 fully saturated rings. The molecule has 2 aromatic heterocycles. The maximum atomic E-state index is 11.3. The van der Waals surface area contributed by atoms with Gasteiger partial charge < -0.3 is 5.73 Å². The molecule has 0 aliphatic rings. The average Bonchev–Trinajstić information content (AvgIpc) is 2.80. The first-order chi connectivity index (χ1) is 8.22. The Labute approximate surface area is 102 Å². The molecule has 2 aromatic rings. The van der Waals surface area contributed by atoms with Crippen LogP contribution in [0.5, 0.6) is 0 Å². The molecule has 2 heterocycles. The van der Waals surface area contributed by atoms with E-state index >= 15 is 0 Å². The number of hydrogen-bond acceptors (Lipinski definition) is 6. The third-order valence-electron chi connectivity index (χ3n) is 2.13. The van der Waals surface area contributed by atoms with Crippen LogP contribution in [0, 0.1) is 0 Å². The van der Waals surface area contributed by atoms with Crippen molar-refractivity contribution in [3.63, 3.8) is 0 Å². The van der Waals surface area contributed by atoms with Gasteiger partial charge in [-0.15, -0.1) is 11.3 Å². The monoisotopic (exact) mass is 246 g/mol. The third kappa shape index (κ3) is 2.36. The van der Waals surface area contributed by atoms with E-state index in [1.807, 2.05) is 0 Å². The van der Waals surface area contributed by atoms with E-state index in [4.69, 9.17) is 5.73 Å². The van der Waals surface area contributed by atoms with Gasteiger partial charge in [-0.2, -0.15) is 0 Å². The topological polar surface area (TPSA) is 81.8 Å². The van der Waals surface area contributed by atoms with E-state index < -0.39 is 0 Å². The molecule has 0 spiro atoms. The zero-order valence-electron chi connectivity index (χ0n) is 9.12. The molecular weight excluding hydrogens is 236 g/mol. The highest BCUT2D eigenvalue weighted by atomic mass is 32.1. The third-order valence-corrected chi connectivity index (χ3v) is 3.21. The smallest absolute Gasteiger partial charge is 0.164 e. The van der Waals surface area contributed by atoms with Crippen molar-refractivity contribution in [2.45, 2.75) is 6.92 Å². The molecule has 0 saturated heterocycles. The molecular formula is C11H10N4OS. The highest BCUT2D eigenvalue weighted by Crippen LogP contribution is 2.28. The van der Waals surface area contributed by atoms with Crippen molar-refractivity contribution in [3.8, 4) is 10.4 Å². The fourth-order valence-corrected chi connectivity index (χ4v) is 2.26. The van der Waals surface area contributed by atoms with Gasteiger partial charge in [0.15, 0.2) is 5.78 Å². The molecule has 0 aliphatic heterocycles. The number of hydrogen-bond donors (Lipinski definition) is 1. The van der Waals surface area contributed by atoms with Crippen LogP contribution in [0.3, 0.4) is 0 Å². The second-order valence-corrected chi connectivity index (χ2v) is 4.32. The summed E-state index contributed by atoms with van der Waals surface area (Å²) in [5.74, 6) is -0.0993. The molecule has 0 aliphatic carbocycles. The first-order valence-corrected chi connectivity index (χ1v) is 5.68. The number of Topliss-reactive ketones (excluding diaryl/α,β-unsaturated/α-hetero) is 1. The minimum absolute atomic E-state index is 0.0993. The van der Waals surface area contributed by atoms with Crippen LogP contribution < -0.4 is 5.73 Å². The van der Waals surface area contributed by atoms with Crippen LogP contribution in [0.4, 0.5) is 0 Å². The van der Waals surface area contributed by atoms with Crippen molar-refractivity contribution in [1.29, 1.82) is 0 Å². The maximum Gasteiger partial charge on any atom is 0.164 e. The van der Waals surface area contributed by atoms with E-state index in [-0.39, 0.29) is 5.78 Å². The van der Waals surface area contributed by atoms with Gasteiger partial charge in [0.25, 0.3) is 0 Å². The highest BCUT2D eigenvalue weighted by Gasteiger charge is 2.12. The van der Waals surface area contributed by atoms with Gasteiger partial charge in [-0.3, -0.25) is 4.79 Å². The number of thiazole rings is 1. The summed E-state index contributed by atoms with van der Waals surface area (Å²) in [6.07, 6.45) is 7.83. The van der Waals surface area contributed by atoms with Crippen LogP contribution >= 0.6 is 11.3 Å². The predicted octanol–water partition coefficient (Wildman–Crippen LogP) is 1.49. The van der Waals surface area contributed by atoms with Crippen molar-refractivity contribution in [3.05, 3.63) is 36.1 Å². The molecule has 0 atom stereocenters. The predicted molar refractivity (Wildman–Crippen MR) is 66.0 cm³/mol. The lowest BCUT2D eigenvalue weighted by Gasteiger charge is -1.96. The van der Waals surface area contributed by atoms with Crippen LogP contribution in [0.2, 0.25) is 0 Å². The minimum atomic E-state index is -0.0993. The lowest BCUT2D eigenvalue weighted by molar-refractivity contribution is -0.111. The van der Waals surface area contributed by atoms with Gasteiger partial charge >= 0.3 is 0 Å². The number of ketones is 1. The average molecular weight is 246 g/mol. The zero-order chi connectivity index (χ0) is 12.3. The summed E-state index contributed by atoms with van der Waals surface area (Å²) >= 11 is 1.39. The van der Waals surface area contributed by atoms with Crippen molar-refractivity contribution in [2.24, 2.45) is 5.73 Å². The quantitative estimate of drug-likeness (QED) is 0.830. The van der Waals surface area contributed by atoms with E-state index in [2.05, 4.69) is 15.0 Å². The minimum Gasteiger partial charge on any atom is -0.404 e. The first-order valence-electron chi connectivity index (χ1n) is 4.87. The van der Waals surface area contributed by atoms with Crippen LogP contribution in [-0.2, 0) is 4.79 Å². The fraction of sp³-hybridized carbons (Fsp3) is 0.0909. The molecule has 2 N–H and O–H groups in total. The Morgan fingerprint density at radius 3 is 2.65 bits per heavy atom. The number of carbonyl (C=O) groups is 1.